The molecular formula is C16H27NO3. The Morgan fingerprint density at radius 3 is 2.35 bits per heavy atom. The summed E-state index contributed by atoms with van der Waals surface area (Å²) in [4.78, 5) is 14.2. The molecule has 3 aliphatic rings. The van der Waals surface area contributed by atoms with Crippen LogP contribution in [0.2, 0.25) is 0 Å². The van der Waals surface area contributed by atoms with E-state index in [9.17, 15) is 4.79 Å². The molecule has 0 radical (unpaired) electrons. The van der Waals surface area contributed by atoms with Crippen molar-refractivity contribution in [2.45, 2.75) is 58.2 Å². The fraction of sp³-hybridized carbons (Fsp3) is 0.938. The van der Waals surface area contributed by atoms with Crippen molar-refractivity contribution in [1.82, 2.24) is 4.90 Å². The maximum Gasteiger partial charge on any atom is 0.222 e. The van der Waals surface area contributed by atoms with E-state index < -0.39 is 5.79 Å². The number of hydrogen-bond acceptors (Lipinski definition) is 3. The molecule has 0 aromatic heterocycles. The average Bonchev–Trinajstić information content (AvgIpc) is 2.87. The van der Waals surface area contributed by atoms with E-state index in [4.69, 9.17) is 9.47 Å². The second-order valence-corrected chi connectivity index (χ2v) is 7.42. The number of rotatable bonds is 3. The van der Waals surface area contributed by atoms with Gasteiger partial charge in [-0.15, -0.1) is 0 Å². The van der Waals surface area contributed by atoms with Crippen LogP contribution in [0.25, 0.3) is 0 Å². The van der Waals surface area contributed by atoms with Crippen LogP contribution in [-0.2, 0) is 14.3 Å². The highest BCUT2D eigenvalue weighted by Crippen LogP contribution is 2.38. The van der Waals surface area contributed by atoms with Crippen molar-refractivity contribution < 1.29 is 14.3 Å². The van der Waals surface area contributed by atoms with Crippen molar-refractivity contribution in [3.63, 3.8) is 0 Å². The van der Waals surface area contributed by atoms with Crippen molar-refractivity contribution >= 4 is 5.91 Å². The lowest BCUT2D eigenvalue weighted by Crippen LogP contribution is -2.65. The molecule has 0 aromatic carbocycles. The van der Waals surface area contributed by atoms with Crippen LogP contribution >= 0.6 is 0 Å². The van der Waals surface area contributed by atoms with Gasteiger partial charge in [0.1, 0.15) is 0 Å². The van der Waals surface area contributed by atoms with Crippen LogP contribution in [0.15, 0.2) is 0 Å². The van der Waals surface area contributed by atoms with E-state index in [1.165, 1.54) is 25.7 Å². The van der Waals surface area contributed by atoms with E-state index in [0.29, 0.717) is 19.1 Å². The maximum absolute atomic E-state index is 12.2. The molecule has 1 spiro atoms. The van der Waals surface area contributed by atoms with Crippen LogP contribution in [0.5, 0.6) is 0 Å². The number of hydrogen-bond donors (Lipinski definition) is 0. The van der Waals surface area contributed by atoms with Gasteiger partial charge < -0.3 is 14.4 Å². The first-order valence-corrected chi connectivity index (χ1v) is 8.04. The fourth-order valence-corrected chi connectivity index (χ4v) is 3.64. The molecule has 2 heterocycles. The zero-order valence-corrected chi connectivity index (χ0v) is 12.8. The molecule has 4 nitrogen and oxygen atoms in total. The van der Waals surface area contributed by atoms with E-state index in [0.717, 1.165) is 31.8 Å². The average molecular weight is 281 g/mol. The molecule has 2 aliphatic heterocycles. The van der Waals surface area contributed by atoms with Gasteiger partial charge in [0.2, 0.25) is 5.91 Å². The zero-order chi connectivity index (χ0) is 14.2. The smallest absolute Gasteiger partial charge is 0.222 e. The molecule has 114 valence electrons. The standard InChI is InChI=1S/C16H27NO3/c1-15(2)19-11-16(12-20-15)9-17(10-16)14(18)8-7-13-5-3-4-6-13/h13H,3-12H2,1-2H3. The highest BCUT2D eigenvalue weighted by atomic mass is 16.7. The summed E-state index contributed by atoms with van der Waals surface area (Å²) in [6.07, 6.45) is 7.19. The lowest BCUT2D eigenvalue weighted by Gasteiger charge is -2.54. The molecule has 0 bridgehead atoms. The first kappa shape index (κ1) is 14.3. The van der Waals surface area contributed by atoms with Crippen LogP contribution in [0.3, 0.4) is 0 Å². The summed E-state index contributed by atoms with van der Waals surface area (Å²) in [5, 5.41) is 0. The second-order valence-electron chi connectivity index (χ2n) is 7.42. The number of nitrogens with zero attached hydrogens (tertiary/aromatic N) is 1. The van der Waals surface area contributed by atoms with Crippen LogP contribution in [0.1, 0.15) is 52.4 Å². The van der Waals surface area contributed by atoms with Gasteiger partial charge >= 0.3 is 0 Å². The van der Waals surface area contributed by atoms with Crippen molar-refractivity contribution in [3.05, 3.63) is 0 Å². The van der Waals surface area contributed by atoms with Gasteiger partial charge in [-0.1, -0.05) is 25.7 Å². The van der Waals surface area contributed by atoms with Gasteiger partial charge in [-0.25, -0.2) is 0 Å². The minimum Gasteiger partial charge on any atom is -0.350 e. The van der Waals surface area contributed by atoms with Crippen molar-refractivity contribution in [1.29, 1.82) is 0 Å². The molecule has 1 aliphatic carbocycles. The van der Waals surface area contributed by atoms with E-state index in [1.807, 2.05) is 18.7 Å². The van der Waals surface area contributed by atoms with Gasteiger partial charge in [0, 0.05) is 19.5 Å². The minimum absolute atomic E-state index is 0.0680. The Kier molecular flexibility index (Phi) is 3.80. The Labute approximate surface area is 121 Å². The zero-order valence-electron chi connectivity index (χ0n) is 12.8. The number of amides is 1. The molecule has 4 heteroatoms. The van der Waals surface area contributed by atoms with Crippen LogP contribution in [0, 0.1) is 11.3 Å². The molecule has 0 aromatic rings. The Balaban J connectivity index is 1.40. The summed E-state index contributed by atoms with van der Waals surface area (Å²) in [6.45, 7) is 6.95. The van der Waals surface area contributed by atoms with Crippen molar-refractivity contribution in [3.8, 4) is 0 Å². The van der Waals surface area contributed by atoms with E-state index in [-0.39, 0.29) is 5.41 Å². The van der Waals surface area contributed by atoms with Crippen LogP contribution in [-0.4, -0.2) is 42.9 Å². The SMILES string of the molecule is CC1(C)OCC2(CO1)CN(C(=O)CCC1CCCC1)C2. The largest absolute Gasteiger partial charge is 0.350 e. The van der Waals surface area contributed by atoms with Gasteiger partial charge in [-0.3, -0.25) is 4.79 Å². The van der Waals surface area contributed by atoms with Gasteiger partial charge in [0.25, 0.3) is 0 Å². The van der Waals surface area contributed by atoms with Crippen LogP contribution < -0.4 is 0 Å². The normalized spacial score (nSPS) is 28.6. The molecule has 20 heavy (non-hydrogen) atoms. The lowest BCUT2D eigenvalue weighted by atomic mass is 9.80. The first-order chi connectivity index (χ1) is 9.48. The Bertz CT molecular complexity index is 356. The van der Waals surface area contributed by atoms with Gasteiger partial charge in [-0.05, 0) is 26.2 Å². The highest BCUT2D eigenvalue weighted by molar-refractivity contribution is 5.77. The molecule has 1 saturated carbocycles. The highest BCUT2D eigenvalue weighted by Gasteiger charge is 2.49. The molecule has 0 atom stereocenters. The predicted molar refractivity (Wildman–Crippen MR) is 76.2 cm³/mol. The summed E-state index contributed by atoms with van der Waals surface area (Å²) >= 11 is 0. The van der Waals surface area contributed by atoms with Crippen LogP contribution in [0.4, 0.5) is 0 Å². The van der Waals surface area contributed by atoms with E-state index >= 15 is 0 Å². The molecular weight excluding hydrogens is 254 g/mol. The predicted octanol–water partition coefficient (Wildman–Crippen LogP) is 2.57. The summed E-state index contributed by atoms with van der Waals surface area (Å²) in [6, 6.07) is 0. The molecule has 2 saturated heterocycles. The third-order valence-electron chi connectivity index (χ3n) is 5.10. The third-order valence-corrected chi connectivity index (χ3v) is 5.10. The first-order valence-electron chi connectivity index (χ1n) is 8.04. The molecule has 3 rings (SSSR count). The molecule has 3 fully saturated rings. The summed E-state index contributed by atoms with van der Waals surface area (Å²) in [5.41, 5.74) is 0.0680. The van der Waals surface area contributed by atoms with Gasteiger partial charge in [0.15, 0.2) is 5.79 Å². The molecule has 0 unspecified atom stereocenters. The maximum atomic E-state index is 12.2. The summed E-state index contributed by atoms with van der Waals surface area (Å²) < 4.78 is 11.5. The Hall–Kier alpha value is -0.610. The summed E-state index contributed by atoms with van der Waals surface area (Å²) in [5.74, 6) is 0.668. The number of ether oxygens (including phenoxy) is 2. The quantitative estimate of drug-likeness (QED) is 0.798. The molecule has 0 N–H and O–H groups in total. The van der Waals surface area contributed by atoms with Gasteiger partial charge in [0.05, 0.1) is 18.6 Å². The topological polar surface area (TPSA) is 38.8 Å². The Morgan fingerprint density at radius 2 is 1.75 bits per heavy atom. The van der Waals surface area contributed by atoms with E-state index in [2.05, 4.69) is 0 Å². The second kappa shape index (κ2) is 5.30. The van der Waals surface area contributed by atoms with Gasteiger partial charge in [-0.2, -0.15) is 0 Å². The minimum atomic E-state index is -0.460. The monoisotopic (exact) mass is 281 g/mol. The fourth-order valence-electron chi connectivity index (χ4n) is 3.64. The summed E-state index contributed by atoms with van der Waals surface area (Å²) in [7, 11) is 0. The van der Waals surface area contributed by atoms with Crippen molar-refractivity contribution in [2.75, 3.05) is 26.3 Å². The number of likely N-dealkylation sites (tertiary alicyclic amines) is 1. The lowest BCUT2D eigenvalue weighted by molar-refractivity contribution is -0.303. The number of carbonyl (C=O) groups is 1. The van der Waals surface area contributed by atoms with E-state index in [1.54, 1.807) is 0 Å². The number of carbonyl (C=O) groups excluding carboxylic acids is 1. The van der Waals surface area contributed by atoms with Crippen molar-refractivity contribution in [2.24, 2.45) is 11.3 Å². The Morgan fingerprint density at radius 1 is 1.15 bits per heavy atom. The third kappa shape index (κ3) is 3.01. The molecule has 1 amide bonds.